The first-order valence-electron chi connectivity index (χ1n) is 5.85. The number of rotatable bonds is 6. The Kier molecular flexibility index (Phi) is 6.17. The first kappa shape index (κ1) is 16.2. The molecule has 3 N–H and O–H groups in total. The van der Waals surface area contributed by atoms with Crippen molar-refractivity contribution in [3.05, 3.63) is 34.3 Å². The van der Waals surface area contributed by atoms with E-state index < -0.39 is 30.4 Å². The van der Waals surface area contributed by atoms with Crippen LogP contribution in [-0.2, 0) is 25.5 Å². The quantitative estimate of drug-likeness (QED) is 0.736. The SMILES string of the molecule is CC(=O)OCC(=O)N[C@@H](Cc1ccc(Br)cc1)C(N)=O. The van der Waals surface area contributed by atoms with Gasteiger partial charge in [0.2, 0.25) is 5.91 Å². The monoisotopic (exact) mass is 342 g/mol. The van der Waals surface area contributed by atoms with Crippen LogP contribution in [-0.4, -0.2) is 30.4 Å². The van der Waals surface area contributed by atoms with Gasteiger partial charge in [-0.2, -0.15) is 0 Å². The van der Waals surface area contributed by atoms with Gasteiger partial charge in [-0.15, -0.1) is 0 Å². The van der Waals surface area contributed by atoms with Crippen LogP contribution in [0.3, 0.4) is 0 Å². The van der Waals surface area contributed by atoms with Gasteiger partial charge in [-0.25, -0.2) is 0 Å². The minimum atomic E-state index is -0.848. The van der Waals surface area contributed by atoms with E-state index in [0.717, 1.165) is 10.0 Å². The molecule has 0 saturated carbocycles. The molecule has 1 aromatic carbocycles. The van der Waals surface area contributed by atoms with Crippen molar-refractivity contribution >= 4 is 33.7 Å². The molecule has 0 heterocycles. The van der Waals surface area contributed by atoms with Crippen LogP contribution in [0.1, 0.15) is 12.5 Å². The van der Waals surface area contributed by atoms with E-state index in [1.54, 1.807) is 0 Å². The lowest BCUT2D eigenvalue weighted by molar-refractivity contribution is -0.146. The van der Waals surface area contributed by atoms with E-state index in [0.29, 0.717) is 0 Å². The molecule has 0 spiro atoms. The lowest BCUT2D eigenvalue weighted by Crippen LogP contribution is -2.47. The fourth-order valence-electron chi connectivity index (χ4n) is 1.48. The Morgan fingerprint density at radius 2 is 1.90 bits per heavy atom. The van der Waals surface area contributed by atoms with E-state index >= 15 is 0 Å². The van der Waals surface area contributed by atoms with Gasteiger partial charge in [-0.05, 0) is 17.7 Å². The third-order valence-electron chi connectivity index (χ3n) is 2.44. The van der Waals surface area contributed by atoms with Crippen LogP contribution >= 0.6 is 15.9 Å². The molecule has 1 rings (SSSR count). The maximum absolute atomic E-state index is 11.5. The summed E-state index contributed by atoms with van der Waals surface area (Å²) in [7, 11) is 0. The number of hydrogen-bond acceptors (Lipinski definition) is 4. The number of ether oxygens (including phenoxy) is 1. The molecule has 7 heteroatoms. The molecular formula is C13H15BrN2O4. The summed E-state index contributed by atoms with van der Waals surface area (Å²) in [4.78, 5) is 33.4. The number of nitrogens with one attached hydrogen (secondary N) is 1. The molecule has 20 heavy (non-hydrogen) atoms. The summed E-state index contributed by atoms with van der Waals surface area (Å²) < 4.78 is 5.45. The molecule has 1 atom stereocenters. The number of amides is 2. The van der Waals surface area contributed by atoms with E-state index in [-0.39, 0.29) is 6.42 Å². The molecule has 108 valence electrons. The van der Waals surface area contributed by atoms with Crippen molar-refractivity contribution in [3.63, 3.8) is 0 Å². The summed E-state index contributed by atoms with van der Waals surface area (Å²) in [5.74, 6) is -1.78. The molecule has 1 aromatic rings. The molecule has 0 aliphatic carbocycles. The number of carbonyl (C=O) groups is 3. The van der Waals surface area contributed by atoms with Crippen molar-refractivity contribution in [1.29, 1.82) is 0 Å². The molecular weight excluding hydrogens is 328 g/mol. The van der Waals surface area contributed by atoms with Crippen LogP contribution in [0, 0.1) is 0 Å². The van der Waals surface area contributed by atoms with Gasteiger partial charge in [0.1, 0.15) is 6.04 Å². The van der Waals surface area contributed by atoms with E-state index in [9.17, 15) is 14.4 Å². The van der Waals surface area contributed by atoms with Crippen molar-refractivity contribution in [3.8, 4) is 0 Å². The van der Waals surface area contributed by atoms with Crippen molar-refractivity contribution in [1.82, 2.24) is 5.32 Å². The van der Waals surface area contributed by atoms with Gasteiger partial charge in [0.25, 0.3) is 5.91 Å². The van der Waals surface area contributed by atoms with Crippen molar-refractivity contribution in [2.75, 3.05) is 6.61 Å². The highest BCUT2D eigenvalue weighted by Gasteiger charge is 2.19. The Bertz CT molecular complexity index is 502. The third-order valence-corrected chi connectivity index (χ3v) is 2.97. The maximum atomic E-state index is 11.5. The zero-order valence-electron chi connectivity index (χ0n) is 10.9. The lowest BCUT2D eigenvalue weighted by atomic mass is 10.1. The molecule has 0 bridgehead atoms. The average Bonchev–Trinajstić information content (AvgIpc) is 2.38. The molecule has 0 saturated heterocycles. The first-order chi connectivity index (χ1) is 9.38. The topological polar surface area (TPSA) is 98.5 Å². The number of nitrogens with two attached hydrogens (primary N) is 1. The van der Waals surface area contributed by atoms with Crippen molar-refractivity contribution in [2.45, 2.75) is 19.4 Å². The Morgan fingerprint density at radius 1 is 1.30 bits per heavy atom. The van der Waals surface area contributed by atoms with Crippen molar-refractivity contribution in [2.24, 2.45) is 5.73 Å². The zero-order valence-corrected chi connectivity index (χ0v) is 12.5. The second-order valence-electron chi connectivity index (χ2n) is 4.13. The smallest absolute Gasteiger partial charge is 0.303 e. The molecule has 0 aliphatic rings. The second kappa shape index (κ2) is 7.64. The number of halogens is 1. The van der Waals surface area contributed by atoms with Crippen LogP contribution in [0.5, 0.6) is 0 Å². The predicted octanol–water partition coefficient (Wildman–Crippen LogP) is 0.525. The molecule has 2 amide bonds. The number of esters is 1. The lowest BCUT2D eigenvalue weighted by Gasteiger charge is -2.15. The first-order valence-corrected chi connectivity index (χ1v) is 6.64. The molecule has 0 radical (unpaired) electrons. The average molecular weight is 343 g/mol. The van der Waals surface area contributed by atoms with Crippen LogP contribution in [0.4, 0.5) is 0 Å². The standard InChI is InChI=1S/C13H15BrN2O4/c1-8(17)20-7-12(18)16-11(13(15)19)6-9-2-4-10(14)5-3-9/h2-5,11H,6-7H2,1H3,(H2,15,19)(H,16,18)/t11-/m0/s1. The Hall–Kier alpha value is -1.89. The largest absolute Gasteiger partial charge is 0.456 e. The maximum Gasteiger partial charge on any atom is 0.303 e. The minimum absolute atomic E-state index is 0.272. The van der Waals surface area contributed by atoms with Gasteiger partial charge in [0, 0.05) is 17.8 Å². The molecule has 0 unspecified atom stereocenters. The second-order valence-corrected chi connectivity index (χ2v) is 5.05. The Morgan fingerprint density at radius 3 is 2.40 bits per heavy atom. The van der Waals surface area contributed by atoms with E-state index in [1.165, 1.54) is 6.92 Å². The van der Waals surface area contributed by atoms with Gasteiger partial charge in [0.15, 0.2) is 6.61 Å². The highest BCUT2D eigenvalue weighted by Crippen LogP contribution is 2.11. The number of carbonyl (C=O) groups excluding carboxylic acids is 3. The van der Waals surface area contributed by atoms with E-state index in [2.05, 4.69) is 26.0 Å². The minimum Gasteiger partial charge on any atom is -0.456 e. The summed E-state index contributed by atoms with van der Waals surface area (Å²) in [6, 6.07) is 6.44. The zero-order chi connectivity index (χ0) is 15.1. The van der Waals surface area contributed by atoms with Gasteiger partial charge in [-0.1, -0.05) is 28.1 Å². The van der Waals surface area contributed by atoms with Gasteiger partial charge < -0.3 is 15.8 Å². The number of benzene rings is 1. The normalized spacial score (nSPS) is 11.5. The van der Waals surface area contributed by atoms with Gasteiger partial charge in [-0.3, -0.25) is 14.4 Å². The summed E-state index contributed by atoms with van der Waals surface area (Å²) in [5, 5.41) is 2.43. The fraction of sp³-hybridized carbons (Fsp3) is 0.308. The van der Waals surface area contributed by atoms with Crippen LogP contribution in [0.2, 0.25) is 0 Å². The Labute approximate surface area is 124 Å². The predicted molar refractivity (Wildman–Crippen MR) is 75.6 cm³/mol. The third kappa shape index (κ3) is 5.83. The summed E-state index contributed by atoms with van der Waals surface area (Å²) in [6.07, 6.45) is 0.272. The summed E-state index contributed by atoms with van der Waals surface area (Å²) in [5.41, 5.74) is 6.10. The fourth-order valence-corrected chi connectivity index (χ4v) is 1.75. The molecule has 0 aliphatic heterocycles. The van der Waals surface area contributed by atoms with Crippen LogP contribution in [0.25, 0.3) is 0 Å². The number of hydrogen-bond donors (Lipinski definition) is 2. The number of primary amides is 1. The van der Waals surface area contributed by atoms with E-state index in [4.69, 9.17) is 5.73 Å². The molecule has 0 aromatic heterocycles. The van der Waals surface area contributed by atoms with Crippen molar-refractivity contribution < 1.29 is 19.1 Å². The van der Waals surface area contributed by atoms with E-state index in [1.807, 2.05) is 24.3 Å². The highest BCUT2D eigenvalue weighted by molar-refractivity contribution is 9.10. The van der Waals surface area contributed by atoms with Crippen LogP contribution in [0.15, 0.2) is 28.7 Å². The Balaban J connectivity index is 2.60. The summed E-state index contributed by atoms with van der Waals surface area (Å²) in [6.45, 7) is 0.764. The van der Waals surface area contributed by atoms with Crippen LogP contribution < -0.4 is 11.1 Å². The van der Waals surface area contributed by atoms with Gasteiger partial charge in [0.05, 0.1) is 0 Å². The van der Waals surface area contributed by atoms with Gasteiger partial charge >= 0.3 is 5.97 Å². The summed E-state index contributed by atoms with van der Waals surface area (Å²) >= 11 is 3.31. The molecule has 6 nitrogen and oxygen atoms in total. The highest BCUT2D eigenvalue weighted by atomic mass is 79.9. The molecule has 0 fully saturated rings.